The van der Waals surface area contributed by atoms with E-state index in [0.717, 1.165) is 27.4 Å². The number of hydrogen-bond acceptors (Lipinski definition) is 1. The molecule has 0 atom stereocenters. The third-order valence-electron chi connectivity index (χ3n) is 2.65. The highest BCUT2D eigenvalue weighted by Gasteiger charge is 2.05. The molecule has 0 amide bonds. The van der Waals surface area contributed by atoms with E-state index >= 15 is 0 Å². The molecule has 2 radical (unpaired) electrons. The van der Waals surface area contributed by atoms with Gasteiger partial charge in [-0.15, -0.1) is 0 Å². The fraction of sp³-hybridized carbons (Fsp3) is 0.200. The standard InChI is InChI=1S/C13H9BO.C2H6/c1-8-2-5-12-11(6-8)10-4-3-9(14)7-13(10)15-12;1-2/h2-7H,1H3;1-2H3. The Morgan fingerprint density at radius 2 is 1.65 bits per heavy atom. The van der Waals surface area contributed by atoms with Crippen LogP contribution in [0.25, 0.3) is 21.9 Å². The molecular formula is C15H15BO. The second-order valence-electron chi connectivity index (χ2n) is 3.86. The first kappa shape index (κ1) is 11.8. The molecule has 3 rings (SSSR count). The minimum absolute atomic E-state index is 0.735. The lowest BCUT2D eigenvalue weighted by Gasteiger charge is -1.92. The van der Waals surface area contributed by atoms with Crippen LogP contribution in [-0.2, 0) is 0 Å². The molecule has 2 heteroatoms. The Morgan fingerprint density at radius 3 is 2.41 bits per heavy atom. The van der Waals surface area contributed by atoms with Crippen molar-refractivity contribution in [3.8, 4) is 0 Å². The van der Waals surface area contributed by atoms with Crippen LogP contribution in [0.2, 0.25) is 0 Å². The van der Waals surface area contributed by atoms with Gasteiger partial charge < -0.3 is 4.42 Å². The van der Waals surface area contributed by atoms with Crippen molar-refractivity contribution in [3.63, 3.8) is 0 Å². The van der Waals surface area contributed by atoms with Crippen molar-refractivity contribution >= 4 is 35.2 Å². The van der Waals surface area contributed by atoms with Crippen molar-refractivity contribution in [2.24, 2.45) is 0 Å². The van der Waals surface area contributed by atoms with Gasteiger partial charge in [0.15, 0.2) is 0 Å². The largest absolute Gasteiger partial charge is 0.456 e. The predicted molar refractivity (Wildman–Crippen MR) is 75.2 cm³/mol. The summed E-state index contributed by atoms with van der Waals surface area (Å²) in [4.78, 5) is 0. The van der Waals surface area contributed by atoms with Crippen LogP contribution in [0.1, 0.15) is 19.4 Å². The Morgan fingerprint density at radius 1 is 0.882 bits per heavy atom. The molecule has 0 saturated carbocycles. The number of hydrogen-bond donors (Lipinski definition) is 0. The van der Waals surface area contributed by atoms with Gasteiger partial charge in [-0.2, -0.15) is 0 Å². The van der Waals surface area contributed by atoms with E-state index in [-0.39, 0.29) is 0 Å². The van der Waals surface area contributed by atoms with Crippen molar-refractivity contribution in [1.82, 2.24) is 0 Å². The van der Waals surface area contributed by atoms with E-state index in [4.69, 9.17) is 12.3 Å². The average Bonchev–Trinajstić information content (AvgIpc) is 2.68. The Balaban J connectivity index is 0.000000514. The van der Waals surface area contributed by atoms with Crippen LogP contribution in [0.15, 0.2) is 40.8 Å². The zero-order valence-corrected chi connectivity index (χ0v) is 10.4. The lowest BCUT2D eigenvalue weighted by molar-refractivity contribution is 0.669. The zero-order valence-electron chi connectivity index (χ0n) is 10.4. The zero-order chi connectivity index (χ0) is 12.4. The van der Waals surface area contributed by atoms with Crippen molar-refractivity contribution < 1.29 is 4.42 Å². The third kappa shape index (κ3) is 2.08. The van der Waals surface area contributed by atoms with Gasteiger partial charge in [0.2, 0.25) is 0 Å². The van der Waals surface area contributed by atoms with Crippen LogP contribution < -0.4 is 5.46 Å². The molecule has 0 unspecified atom stereocenters. The molecule has 0 bridgehead atoms. The molecule has 0 N–H and O–H groups in total. The SMILES string of the molecule is CC.[B]c1ccc2c(c1)oc1ccc(C)cc12. The molecule has 0 aliphatic heterocycles. The second-order valence-corrected chi connectivity index (χ2v) is 3.86. The van der Waals surface area contributed by atoms with Gasteiger partial charge in [-0.1, -0.05) is 43.1 Å². The molecule has 0 fully saturated rings. The van der Waals surface area contributed by atoms with Crippen molar-refractivity contribution in [2.45, 2.75) is 20.8 Å². The molecule has 1 aromatic heterocycles. The van der Waals surface area contributed by atoms with Crippen molar-refractivity contribution in [1.29, 1.82) is 0 Å². The summed E-state index contributed by atoms with van der Waals surface area (Å²) in [6, 6.07) is 12.0. The van der Waals surface area contributed by atoms with Gasteiger partial charge in [-0.05, 0) is 25.1 Å². The molecule has 0 aliphatic carbocycles. The first-order chi connectivity index (χ1) is 8.24. The summed E-state index contributed by atoms with van der Waals surface area (Å²) in [6.45, 7) is 6.08. The summed E-state index contributed by atoms with van der Waals surface area (Å²) in [5, 5.41) is 2.29. The summed E-state index contributed by atoms with van der Waals surface area (Å²) in [5.74, 6) is 0. The number of rotatable bonds is 0. The molecule has 17 heavy (non-hydrogen) atoms. The van der Waals surface area contributed by atoms with Crippen LogP contribution in [0.3, 0.4) is 0 Å². The minimum atomic E-state index is 0.735. The fourth-order valence-corrected chi connectivity index (χ4v) is 1.91. The maximum Gasteiger partial charge on any atom is 0.135 e. The van der Waals surface area contributed by atoms with Crippen LogP contribution >= 0.6 is 0 Å². The maximum atomic E-state index is 5.72. The Bertz CT molecular complexity index is 652. The fourth-order valence-electron chi connectivity index (χ4n) is 1.91. The number of furan rings is 1. The van der Waals surface area contributed by atoms with Crippen LogP contribution in [0, 0.1) is 6.92 Å². The summed E-state index contributed by atoms with van der Waals surface area (Å²) < 4.78 is 5.71. The first-order valence-electron chi connectivity index (χ1n) is 5.92. The molecule has 1 nitrogen and oxygen atoms in total. The highest BCUT2D eigenvalue weighted by molar-refractivity contribution is 6.33. The molecule has 1 heterocycles. The number of fused-ring (bicyclic) bond motifs is 3. The summed E-state index contributed by atoms with van der Waals surface area (Å²) in [6.07, 6.45) is 0. The Kier molecular flexibility index (Phi) is 3.23. The summed E-state index contributed by atoms with van der Waals surface area (Å²) in [5.41, 5.74) is 3.75. The van der Waals surface area contributed by atoms with E-state index in [1.807, 2.05) is 44.2 Å². The van der Waals surface area contributed by atoms with Gasteiger partial charge in [-0.3, -0.25) is 0 Å². The quantitative estimate of drug-likeness (QED) is 0.528. The normalized spacial score (nSPS) is 10.3. The monoisotopic (exact) mass is 222 g/mol. The Labute approximate surface area is 103 Å². The second kappa shape index (κ2) is 4.66. The van der Waals surface area contributed by atoms with Crippen molar-refractivity contribution in [2.75, 3.05) is 0 Å². The van der Waals surface area contributed by atoms with E-state index in [1.165, 1.54) is 5.56 Å². The van der Waals surface area contributed by atoms with Gasteiger partial charge in [0, 0.05) is 10.8 Å². The molecule has 0 saturated heterocycles. The van der Waals surface area contributed by atoms with Gasteiger partial charge in [0.05, 0.1) is 0 Å². The Hall–Kier alpha value is -1.70. The average molecular weight is 222 g/mol. The van der Waals surface area contributed by atoms with E-state index < -0.39 is 0 Å². The molecule has 2 aromatic carbocycles. The van der Waals surface area contributed by atoms with Crippen molar-refractivity contribution in [3.05, 3.63) is 42.0 Å². The van der Waals surface area contributed by atoms with Crippen LogP contribution in [0.5, 0.6) is 0 Å². The van der Waals surface area contributed by atoms with Gasteiger partial charge in [0.25, 0.3) is 0 Å². The lowest BCUT2D eigenvalue weighted by atomic mass is 9.95. The van der Waals surface area contributed by atoms with Crippen LogP contribution in [0.4, 0.5) is 0 Å². The van der Waals surface area contributed by atoms with Gasteiger partial charge in [-0.25, -0.2) is 0 Å². The van der Waals surface area contributed by atoms with Gasteiger partial charge >= 0.3 is 0 Å². The lowest BCUT2D eigenvalue weighted by Crippen LogP contribution is -1.98. The summed E-state index contributed by atoms with van der Waals surface area (Å²) in [7, 11) is 5.72. The van der Waals surface area contributed by atoms with Gasteiger partial charge in [0.1, 0.15) is 19.0 Å². The molecule has 84 valence electrons. The molecular weight excluding hydrogens is 207 g/mol. The summed E-state index contributed by atoms with van der Waals surface area (Å²) >= 11 is 0. The predicted octanol–water partition coefficient (Wildman–Crippen LogP) is 3.71. The maximum absolute atomic E-state index is 5.72. The highest BCUT2D eigenvalue weighted by atomic mass is 16.3. The number of benzene rings is 2. The van der Waals surface area contributed by atoms with Crippen LogP contribution in [-0.4, -0.2) is 7.85 Å². The number of aryl methyl sites for hydroxylation is 1. The molecule has 3 aromatic rings. The van der Waals surface area contributed by atoms with E-state index in [9.17, 15) is 0 Å². The van der Waals surface area contributed by atoms with E-state index in [1.54, 1.807) is 0 Å². The minimum Gasteiger partial charge on any atom is -0.456 e. The van der Waals surface area contributed by atoms with E-state index in [0.29, 0.717) is 0 Å². The molecule has 0 spiro atoms. The first-order valence-corrected chi connectivity index (χ1v) is 5.92. The molecule has 0 aliphatic rings. The third-order valence-corrected chi connectivity index (χ3v) is 2.65. The van der Waals surface area contributed by atoms with E-state index in [2.05, 4.69) is 13.0 Å². The highest BCUT2D eigenvalue weighted by Crippen LogP contribution is 2.28. The topological polar surface area (TPSA) is 13.1 Å². The smallest absolute Gasteiger partial charge is 0.135 e.